The Balaban J connectivity index is 1.95. The molecule has 1 N–H and O–H groups in total. The van der Waals surface area contributed by atoms with Crippen molar-refractivity contribution in [1.29, 1.82) is 0 Å². The molecule has 0 saturated heterocycles. The Morgan fingerprint density at radius 2 is 2.33 bits per heavy atom. The van der Waals surface area contributed by atoms with Crippen molar-refractivity contribution in [3.05, 3.63) is 17.8 Å². The minimum Gasteiger partial charge on any atom is -0.465 e. The number of rotatable bonds is 1. The third-order valence-electron chi connectivity index (χ3n) is 3.39. The van der Waals surface area contributed by atoms with Gasteiger partial charge in [-0.15, -0.1) is 0 Å². The first-order chi connectivity index (χ1) is 8.64. The van der Waals surface area contributed by atoms with E-state index in [2.05, 4.69) is 15.0 Å². The van der Waals surface area contributed by atoms with Crippen molar-refractivity contribution >= 4 is 17.6 Å². The summed E-state index contributed by atoms with van der Waals surface area (Å²) in [5, 5.41) is 2.74. The van der Waals surface area contributed by atoms with Crippen molar-refractivity contribution in [1.82, 2.24) is 4.98 Å². The predicted molar refractivity (Wildman–Crippen MR) is 61.4 cm³/mol. The number of esters is 1. The van der Waals surface area contributed by atoms with Crippen LogP contribution in [0.25, 0.3) is 0 Å². The zero-order valence-corrected chi connectivity index (χ0v) is 9.86. The Morgan fingerprint density at radius 1 is 1.56 bits per heavy atom. The van der Waals surface area contributed by atoms with E-state index in [1.807, 2.05) is 0 Å². The van der Waals surface area contributed by atoms with Gasteiger partial charge in [-0.25, -0.2) is 9.78 Å². The Morgan fingerprint density at radius 3 is 2.94 bits per heavy atom. The molecule has 0 bridgehead atoms. The molecule has 0 unspecified atom stereocenters. The maximum absolute atomic E-state index is 11.9. The van der Waals surface area contributed by atoms with E-state index in [1.54, 1.807) is 0 Å². The van der Waals surface area contributed by atoms with Crippen LogP contribution in [0.4, 0.5) is 5.69 Å². The molecule has 6 heteroatoms. The van der Waals surface area contributed by atoms with Crippen molar-refractivity contribution in [3.63, 3.8) is 0 Å². The topological polar surface area (TPSA) is 77.5 Å². The van der Waals surface area contributed by atoms with Gasteiger partial charge in [-0.3, -0.25) is 4.79 Å². The van der Waals surface area contributed by atoms with E-state index in [0.717, 1.165) is 6.42 Å². The summed E-state index contributed by atoms with van der Waals surface area (Å²) in [6, 6.07) is 1.51. The van der Waals surface area contributed by atoms with Gasteiger partial charge in [0.25, 0.3) is 5.91 Å². The fraction of sp³-hybridized carbons (Fsp3) is 0.417. The standard InChI is InChI=1S/C12H12N2O4/c1-17-10(15)7-5-8-9(13-6-7)18-12(3-2-4-12)11(16)14-8/h5-6H,2-4H2,1H3,(H,14,16). The first-order valence-electron chi connectivity index (χ1n) is 5.73. The summed E-state index contributed by atoms with van der Waals surface area (Å²) >= 11 is 0. The van der Waals surface area contributed by atoms with Crippen molar-refractivity contribution in [2.24, 2.45) is 0 Å². The molecular formula is C12H12N2O4. The number of amides is 1. The van der Waals surface area contributed by atoms with Crippen molar-refractivity contribution in [3.8, 4) is 5.88 Å². The van der Waals surface area contributed by atoms with E-state index in [1.165, 1.54) is 19.4 Å². The summed E-state index contributed by atoms with van der Waals surface area (Å²) in [4.78, 5) is 27.4. The summed E-state index contributed by atoms with van der Waals surface area (Å²) in [6.07, 6.45) is 3.77. The van der Waals surface area contributed by atoms with Crippen LogP contribution in [0.3, 0.4) is 0 Å². The Bertz CT molecular complexity index is 537. The van der Waals surface area contributed by atoms with E-state index >= 15 is 0 Å². The molecule has 1 aliphatic heterocycles. The van der Waals surface area contributed by atoms with E-state index in [9.17, 15) is 9.59 Å². The number of hydrogen-bond acceptors (Lipinski definition) is 5. The molecule has 0 radical (unpaired) electrons. The molecule has 1 spiro atoms. The number of carbonyl (C=O) groups is 2. The molecule has 94 valence electrons. The van der Waals surface area contributed by atoms with Crippen LogP contribution in [0.2, 0.25) is 0 Å². The highest BCUT2D eigenvalue weighted by molar-refractivity contribution is 6.02. The van der Waals surface area contributed by atoms with Crippen LogP contribution in [-0.4, -0.2) is 29.6 Å². The van der Waals surface area contributed by atoms with Crippen LogP contribution < -0.4 is 10.1 Å². The smallest absolute Gasteiger partial charge is 0.339 e. The lowest BCUT2D eigenvalue weighted by molar-refractivity contribution is -0.140. The van der Waals surface area contributed by atoms with Gasteiger partial charge in [-0.1, -0.05) is 0 Å². The molecule has 2 heterocycles. The Kier molecular flexibility index (Phi) is 2.26. The van der Waals surface area contributed by atoms with Crippen LogP contribution >= 0.6 is 0 Å². The van der Waals surface area contributed by atoms with Gasteiger partial charge in [0.1, 0.15) is 5.69 Å². The van der Waals surface area contributed by atoms with Crippen LogP contribution in [0.5, 0.6) is 5.88 Å². The minimum absolute atomic E-state index is 0.162. The normalized spacial score (nSPS) is 19.3. The molecule has 1 aliphatic carbocycles. The first kappa shape index (κ1) is 11.0. The van der Waals surface area contributed by atoms with Gasteiger partial charge in [-0.05, 0) is 25.3 Å². The van der Waals surface area contributed by atoms with Crippen LogP contribution in [0, 0.1) is 0 Å². The molecule has 3 rings (SSSR count). The zero-order valence-electron chi connectivity index (χ0n) is 9.86. The quantitative estimate of drug-likeness (QED) is 0.753. The number of methoxy groups -OCH3 is 1. The van der Waals surface area contributed by atoms with Crippen molar-refractivity contribution < 1.29 is 19.1 Å². The minimum atomic E-state index is -0.743. The molecule has 1 aromatic heterocycles. The van der Waals surface area contributed by atoms with Crippen molar-refractivity contribution in [2.45, 2.75) is 24.9 Å². The number of hydrogen-bond donors (Lipinski definition) is 1. The highest BCUT2D eigenvalue weighted by Gasteiger charge is 2.50. The fourth-order valence-electron chi connectivity index (χ4n) is 2.15. The summed E-state index contributed by atoms with van der Waals surface area (Å²) < 4.78 is 10.3. The van der Waals surface area contributed by atoms with Crippen LogP contribution in [0.1, 0.15) is 29.6 Å². The second kappa shape index (κ2) is 3.69. The molecular weight excluding hydrogens is 236 g/mol. The summed E-state index contributed by atoms with van der Waals surface area (Å²) in [5.74, 6) is -0.296. The second-order valence-electron chi connectivity index (χ2n) is 4.47. The van der Waals surface area contributed by atoms with Gasteiger partial charge in [0.2, 0.25) is 5.88 Å². The molecule has 1 saturated carbocycles. The number of fused-ring (bicyclic) bond motifs is 1. The second-order valence-corrected chi connectivity index (χ2v) is 4.47. The maximum Gasteiger partial charge on any atom is 0.339 e. The highest BCUT2D eigenvalue weighted by atomic mass is 16.5. The van der Waals surface area contributed by atoms with Gasteiger partial charge in [0.15, 0.2) is 5.60 Å². The number of pyridine rings is 1. The number of nitrogens with one attached hydrogen (secondary N) is 1. The van der Waals surface area contributed by atoms with Gasteiger partial charge in [0.05, 0.1) is 12.7 Å². The number of carbonyl (C=O) groups excluding carboxylic acids is 2. The largest absolute Gasteiger partial charge is 0.465 e. The molecule has 18 heavy (non-hydrogen) atoms. The third kappa shape index (κ3) is 1.45. The maximum atomic E-state index is 11.9. The average molecular weight is 248 g/mol. The number of aromatic nitrogens is 1. The van der Waals surface area contributed by atoms with Crippen molar-refractivity contribution in [2.75, 3.05) is 12.4 Å². The van der Waals surface area contributed by atoms with E-state index in [0.29, 0.717) is 24.4 Å². The lowest BCUT2D eigenvalue weighted by atomic mass is 9.78. The lowest BCUT2D eigenvalue weighted by Crippen LogP contribution is -2.55. The van der Waals surface area contributed by atoms with E-state index in [4.69, 9.17) is 4.74 Å². The molecule has 0 atom stereocenters. The Labute approximate surface area is 103 Å². The average Bonchev–Trinajstić information content (AvgIpc) is 2.34. The van der Waals surface area contributed by atoms with Crippen LogP contribution in [-0.2, 0) is 9.53 Å². The summed E-state index contributed by atoms with van der Waals surface area (Å²) in [6.45, 7) is 0. The lowest BCUT2D eigenvalue weighted by Gasteiger charge is -2.42. The molecule has 6 nitrogen and oxygen atoms in total. The summed E-state index contributed by atoms with van der Waals surface area (Å²) in [7, 11) is 1.29. The zero-order chi connectivity index (χ0) is 12.8. The Hall–Kier alpha value is -2.11. The van der Waals surface area contributed by atoms with E-state index < -0.39 is 11.6 Å². The molecule has 1 amide bonds. The molecule has 0 aromatic carbocycles. The van der Waals surface area contributed by atoms with Gasteiger partial charge in [-0.2, -0.15) is 0 Å². The number of nitrogens with zero attached hydrogens (tertiary/aromatic N) is 1. The van der Waals surface area contributed by atoms with Crippen LogP contribution in [0.15, 0.2) is 12.3 Å². The number of ether oxygens (including phenoxy) is 2. The highest BCUT2D eigenvalue weighted by Crippen LogP contribution is 2.42. The molecule has 1 fully saturated rings. The monoisotopic (exact) mass is 248 g/mol. The predicted octanol–water partition coefficient (Wildman–Crippen LogP) is 1.12. The van der Waals surface area contributed by atoms with Gasteiger partial charge < -0.3 is 14.8 Å². The first-order valence-corrected chi connectivity index (χ1v) is 5.73. The van der Waals surface area contributed by atoms with Gasteiger partial charge >= 0.3 is 5.97 Å². The molecule has 1 aromatic rings. The van der Waals surface area contributed by atoms with Gasteiger partial charge in [0, 0.05) is 6.20 Å². The summed E-state index contributed by atoms with van der Waals surface area (Å²) in [5.41, 5.74) is -0.0441. The fourth-order valence-corrected chi connectivity index (χ4v) is 2.15. The third-order valence-corrected chi connectivity index (χ3v) is 3.39. The molecule has 2 aliphatic rings. The van der Waals surface area contributed by atoms with E-state index in [-0.39, 0.29) is 11.5 Å². The number of anilines is 1. The SMILES string of the molecule is COC(=O)c1cnc2c(c1)NC(=O)C1(CCC1)O2.